The largest absolute Gasteiger partial charge is 0.493 e. The Morgan fingerprint density at radius 3 is 2.52 bits per heavy atom. The minimum Gasteiger partial charge on any atom is -0.493 e. The number of piperidine rings is 1. The van der Waals surface area contributed by atoms with Crippen LogP contribution in [-0.2, 0) is 9.63 Å². The summed E-state index contributed by atoms with van der Waals surface area (Å²) in [4.78, 5) is 31.0. The van der Waals surface area contributed by atoms with Gasteiger partial charge in [0.05, 0.1) is 20.3 Å². The number of carbonyl (C=O) groups excluding carboxylic acids is 2. The summed E-state index contributed by atoms with van der Waals surface area (Å²) in [6, 6.07) is 5.16. The van der Waals surface area contributed by atoms with Crippen LogP contribution in [0.15, 0.2) is 18.2 Å². The molecule has 7 nitrogen and oxygen atoms in total. The van der Waals surface area contributed by atoms with Crippen LogP contribution in [0.2, 0.25) is 0 Å². The van der Waals surface area contributed by atoms with E-state index in [0.29, 0.717) is 43.3 Å². The molecule has 2 fully saturated rings. The van der Waals surface area contributed by atoms with E-state index in [9.17, 15) is 9.59 Å². The summed E-state index contributed by atoms with van der Waals surface area (Å²) >= 11 is 0. The molecular weight excluding hydrogens is 324 g/mol. The van der Waals surface area contributed by atoms with Gasteiger partial charge in [-0.2, -0.15) is 0 Å². The minimum absolute atomic E-state index is 0.00195. The second kappa shape index (κ2) is 7.74. The van der Waals surface area contributed by atoms with Crippen LogP contribution in [0.5, 0.6) is 11.5 Å². The lowest BCUT2D eigenvalue weighted by Crippen LogP contribution is -2.40. The van der Waals surface area contributed by atoms with Crippen molar-refractivity contribution in [2.75, 3.05) is 33.4 Å². The van der Waals surface area contributed by atoms with Gasteiger partial charge in [0.2, 0.25) is 5.91 Å². The highest BCUT2D eigenvalue weighted by atomic mass is 16.7. The molecule has 25 heavy (non-hydrogen) atoms. The zero-order valence-corrected chi connectivity index (χ0v) is 14.7. The maximum atomic E-state index is 12.5. The van der Waals surface area contributed by atoms with Gasteiger partial charge in [-0.3, -0.25) is 14.4 Å². The molecular formula is C18H24N2O5. The predicted molar refractivity (Wildman–Crippen MR) is 90.5 cm³/mol. The second-order valence-corrected chi connectivity index (χ2v) is 6.28. The molecule has 2 aliphatic rings. The Kier molecular flexibility index (Phi) is 5.43. The molecule has 0 N–H and O–H groups in total. The molecule has 2 amide bonds. The van der Waals surface area contributed by atoms with Gasteiger partial charge in [-0.1, -0.05) is 0 Å². The topological polar surface area (TPSA) is 68.3 Å². The number of hydrogen-bond donors (Lipinski definition) is 0. The van der Waals surface area contributed by atoms with E-state index >= 15 is 0 Å². The number of rotatable bonds is 4. The first-order chi connectivity index (χ1) is 12.1. The summed E-state index contributed by atoms with van der Waals surface area (Å²) in [5, 5.41) is 1.39. The number of methoxy groups -OCH3 is 1. The van der Waals surface area contributed by atoms with Gasteiger partial charge in [0, 0.05) is 38.4 Å². The lowest BCUT2D eigenvalue weighted by molar-refractivity contribution is -0.130. The highest BCUT2D eigenvalue weighted by Crippen LogP contribution is 2.31. The fraction of sp³-hybridized carbons (Fsp3) is 0.556. The van der Waals surface area contributed by atoms with Crippen LogP contribution >= 0.6 is 0 Å². The number of likely N-dealkylation sites (tertiary alicyclic amines) is 1. The van der Waals surface area contributed by atoms with Crippen molar-refractivity contribution in [3.8, 4) is 11.5 Å². The molecule has 2 heterocycles. The fourth-order valence-electron chi connectivity index (χ4n) is 3.12. The number of ether oxygens (including phenoxy) is 2. The van der Waals surface area contributed by atoms with E-state index in [1.807, 2.05) is 4.90 Å². The summed E-state index contributed by atoms with van der Waals surface area (Å²) in [6.45, 7) is 4.12. The Morgan fingerprint density at radius 1 is 1.16 bits per heavy atom. The Balaban J connectivity index is 1.70. The first-order valence-corrected chi connectivity index (χ1v) is 8.63. The maximum absolute atomic E-state index is 12.5. The molecule has 2 aliphatic heterocycles. The minimum atomic E-state index is -0.170. The van der Waals surface area contributed by atoms with Gasteiger partial charge in [-0.15, -0.1) is 0 Å². The molecule has 0 aromatic heterocycles. The number of hydrogen-bond acceptors (Lipinski definition) is 5. The molecule has 0 radical (unpaired) electrons. The van der Waals surface area contributed by atoms with Gasteiger partial charge >= 0.3 is 0 Å². The lowest BCUT2D eigenvalue weighted by Gasteiger charge is -2.31. The summed E-state index contributed by atoms with van der Waals surface area (Å²) in [5.74, 6) is 1.06. The maximum Gasteiger partial charge on any atom is 0.277 e. The van der Waals surface area contributed by atoms with Gasteiger partial charge in [-0.05, 0) is 24.6 Å². The fourth-order valence-corrected chi connectivity index (χ4v) is 3.12. The lowest BCUT2D eigenvalue weighted by atomic mass is 10.1. The van der Waals surface area contributed by atoms with E-state index in [4.69, 9.17) is 14.3 Å². The highest BCUT2D eigenvalue weighted by molar-refractivity contribution is 5.94. The monoisotopic (exact) mass is 348 g/mol. The zero-order chi connectivity index (χ0) is 17.8. The third-order valence-corrected chi connectivity index (χ3v) is 4.57. The van der Waals surface area contributed by atoms with Crippen molar-refractivity contribution >= 4 is 11.8 Å². The molecule has 0 saturated carbocycles. The number of amides is 2. The number of hydroxylamine groups is 2. The van der Waals surface area contributed by atoms with Crippen LogP contribution in [-0.4, -0.2) is 61.2 Å². The third-order valence-electron chi connectivity index (χ3n) is 4.57. The SMILES string of the molecule is COc1ccc(C(=O)N2CCCO2)cc1OC1CCN(C(C)=O)CC1. The normalized spacial score (nSPS) is 18.3. The summed E-state index contributed by atoms with van der Waals surface area (Å²) in [7, 11) is 1.58. The van der Waals surface area contributed by atoms with Crippen molar-refractivity contribution in [2.45, 2.75) is 32.3 Å². The summed E-state index contributed by atoms with van der Waals surface area (Å²) < 4.78 is 11.4. The Hall–Kier alpha value is -2.28. The molecule has 7 heteroatoms. The first kappa shape index (κ1) is 17.5. The van der Waals surface area contributed by atoms with Crippen molar-refractivity contribution < 1.29 is 23.9 Å². The van der Waals surface area contributed by atoms with Gasteiger partial charge in [0.15, 0.2) is 11.5 Å². The van der Waals surface area contributed by atoms with Crippen molar-refractivity contribution in [3.05, 3.63) is 23.8 Å². The van der Waals surface area contributed by atoms with Crippen LogP contribution in [0.3, 0.4) is 0 Å². The van der Waals surface area contributed by atoms with Crippen molar-refractivity contribution in [1.82, 2.24) is 9.96 Å². The van der Waals surface area contributed by atoms with E-state index in [-0.39, 0.29) is 17.9 Å². The molecule has 1 aromatic carbocycles. The van der Waals surface area contributed by atoms with Gasteiger partial charge in [0.1, 0.15) is 6.10 Å². The van der Waals surface area contributed by atoms with Crippen LogP contribution in [0, 0.1) is 0 Å². The smallest absolute Gasteiger partial charge is 0.277 e. The summed E-state index contributed by atoms with van der Waals surface area (Å²) in [5.41, 5.74) is 0.513. The molecule has 0 atom stereocenters. The Labute approximate surface area is 147 Å². The molecule has 0 aliphatic carbocycles. The first-order valence-electron chi connectivity index (χ1n) is 8.63. The van der Waals surface area contributed by atoms with E-state index in [1.54, 1.807) is 32.2 Å². The van der Waals surface area contributed by atoms with Crippen LogP contribution < -0.4 is 9.47 Å². The van der Waals surface area contributed by atoms with Crippen LogP contribution in [0.4, 0.5) is 0 Å². The Bertz CT molecular complexity index is 634. The molecule has 1 aromatic rings. The number of nitrogens with zero attached hydrogens (tertiary/aromatic N) is 2. The quantitative estimate of drug-likeness (QED) is 0.831. The zero-order valence-electron chi connectivity index (χ0n) is 14.7. The van der Waals surface area contributed by atoms with Gasteiger partial charge < -0.3 is 14.4 Å². The van der Waals surface area contributed by atoms with Gasteiger partial charge in [-0.25, -0.2) is 5.06 Å². The molecule has 136 valence electrons. The van der Waals surface area contributed by atoms with Crippen molar-refractivity contribution in [3.63, 3.8) is 0 Å². The third kappa shape index (κ3) is 4.04. The van der Waals surface area contributed by atoms with E-state index in [2.05, 4.69) is 0 Å². The van der Waals surface area contributed by atoms with Crippen LogP contribution in [0.25, 0.3) is 0 Å². The average molecular weight is 348 g/mol. The molecule has 0 unspecified atom stereocenters. The standard InChI is InChI=1S/C18H24N2O5/c1-13(21)19-9-6-15(7-10-19)25-17-12-14(4-5-16(17)23-2)18(22)20-8-3-11-24-20/h4-5,12,15H,3,6-11H2,1-2H3. The van der Waals surface area contributed by atoms with E-state index in [0.717, 1.165) is 19.3 Å². The molecule has 0 bridgehead atoms. The van der Waals surface area contributed by atoms with Crippen molar-refractivity contribution in [2.24, 2.45) is 0 Å². The Morgan fingerprint density at radius 2 is 1.92 bits per heavy atom. The van der Waals surface area contributed by atoms with E-state index in [1.165, 1.54) is 5.06 Å². The van der Waals surface area contributed by atoms with Gasteiger partial charge in [0.25, 0.3) is 5.91 Å². The molecule has 0 spiro atoms. The average Bonchev–Trinajstić information content (AvgIpc) is 3.16. The molecule has 2 saturated heterocycles. The van der Waals surface area contributed by atoms with Crippen LogP contribution in [0.1, 0.15) is 36.5 Å². The van der Waals surface area contributed by atoms with E-state index < -0.39 is 0 Å². The number of carbonyl (C=O) groups is 2. The summed E-state index contributed by atoms with van der Waals surface area (Å²) in [6.07, 6.45) is 2.37. The number of benzene rings is 1. The molecule has 3 rings (SSSR count). The second-order valence-electron chi connectivity index (χ2n) is 6.28. The predicted octanol–water partition coefficient (Wildman–Crippen LogP) is 1.86. The highest BCUT2D eigenvalue weighted by Gasteiger charge is 2.25. The van der Waals surface area contributed by atoms with Crippen molar-refractivity contribution in [1.29, 1.82) is 0 Å².